The van der Waals surface area contributed by atoms with Gasteiger partial charge in [-0.3, -0.25) is 39.1 Å². The van der Waals surface area contributed by atoms with Gasteiger partial charge in [-0.2, -0.15) is 0 Å². The van der Waals surface area contributed by atoms with Crippen LogP contribution in [0.3, 0.4) is 0 Å². The third-order valence-electron chi connectivity index (χ3n) is 11.7. The van der Waals surface area contributed by atoms with Gasteiger partial charge in [-0.1, -0.05) is 24.6 Å². The summed E-state index contributed by atoms with van der Waals surface area (Å²) in [5, 5.41) is 5.85. The maximum atomic E-state index is 13.3. The highest BCUT2D eigenvalue weighted by molar-refractivity contribution is 6.33. The number of carbonyl (C=O) groups is 5. The van der Waals surface area contributed by atoms with Crippen LogP contribution in [0.4, 0.5) is 11.4 Å². The number of hydrogen-bond donors (Lipinski definition) is 2. The molecule has 5 aliphatic rings. The minimum Gasteiger partial charge on any atom is -0.490 e. The predicted octanol–water partition coefficient (Wildman–Crippen LogP) is 5.64. The summed E-state index contributed by atoms with van der Waals surface area (Å²) < 4.78 is 6.21. The van der Waals surface area contributed by atoms with E-state index in [-0.39, 0.29) is 36.8 Å². The second-order valence-electron chi connectivity index (χ2n) is 15.1. The largest absolute Gasteiger partial charge is 0.490 e. The Morgan fingerprint density at radius 3 is 2.20 bits per heavy atom. The molecule has 0 radical (unpaired) electrons. The zero-order valence-corrected chi connectivity index (χ0v) is 30.7. The SMILES string of the molecule is [C-]#[N+]c1ccc(O[C@H]2CC[C@H](NC(=O)c3ccc(N4CCC(N5Cc6cc7c(cc6C5)C(=O)N(C5CCC(=O)NC5=O)C7=O)CC4)cc3)C[C@@H]2C)cc1Cl. The van der Waals surface area contributed by atoms with E-state index in [0.717, 1.165) is 66.9 Å². The van der Waals surface area contributed by atoms with Gasteiger partial charge in [-0.25, -0.2) is 4.85 Å². The van der Waals surface area contributed by atoms with Crippen LogP contribution in [0.25, 0.3) is 4.85 Å². The molecule has 13 heteroatoms. The normalized spacial score (nSPS) is 24.5. The van der Waals surface area contributed by atoms with E-state index in [9.17, 15) is 24.0 Å². The van der Waals surface area contributed by atoms with Gasteiger partial charge in [0.05, 0.1) is 22.7 Å². The minimum atomic E-state index is -0.967. The Hall–Kier alpha value is -5.25. The summed E-state index contributed by atoms with van der Waals surface area (Å²) >= 11 is 6.19. The number of benzene rings is 3. The van der Waals surface area contributed by atoms with Crippen molar-refractivity contribution >= 4 is 52.5 Å². The average molecular weight is 749 g/mol. The topological polar surface area (TPSA) is 133 Å². The summed E-state index contributed by atoms with van der Waals surface area (Å²) in [6, 6.07) is 16.1. The lowest BCUT2D eigenvalue weighted by molar-refractivity contribution is -0.136. The standard InChI is InChI=1S/C41H41ClN6O6/c1-23-17-27(5-11-36(23)54-30-8-9-34(43-2)33(42)20-30)44-38(50)24-3-6-28(7-4-24)46-15-13-29(14-16-46)47-21-25-18-31-32(19-26(25)22-47)41(53)48(40(31)52)35-10-12-37(49)45-39(35)51/h3-4,6-9,18-20,23,27,29,35-36H,5,10-17,21-22H2,1H3,(H,44,50)(H,45,49,51)/t23-,27-,35?,36-/m0/s1. The summed E-state index contributed by atoms with van der Waals surface area (Å²) in [6.45, 7) is 12.4. The number of nitrogens with one attached hydrogen (secondary N) is 2. The molecule has 8 rings (SSSR count). The van der Waals surface area contributed by atoms with E-state index in [1.165, 1.54) is 0 Å². The number of rotatable bonds is 7. The van der Waals surface area contributed by atoms with Gasteiger partial charge >= 0.3 is 0 Å². The molecule has 1 saturated carbocycles. The first-order valence-corrected chi connectivity index (χ1v) is 19.0. The fourth-order valence-electron chi connectivity index (χ4n) is 8.74. The van der Waals surface area contributed by atoms with E-state index in [4.69, 9.17) is 22.9 Å². The molecule has 5 amide bonds. The second-order valence-corrected chi connectivity index (χ2v) is 15.5. The van der Waals surface area contributed by atoms with Crippen molar-refractivity contribution in [3.05, 3.63) is 98.9 Å². The molecule has 0 spiro atoms. The molecule has 4 atom stereocenters. The van der Waals surface area contributed by atoms with Crippen LogP contribution in [0.1, 0.15) is 94.1 Å². The zero-order chi connectivity index (χ0) is 37.7. The molecule has 54 heavy (non-hydrogen) atoms. The van der Waals surface area contributed by atoms with E-state index in [1.54, 1.807) is 18.2 Å². The molecule has 3 aromatic carbocycles. The summed E-state index contributed by atoms with van der Waals surface area (Å²) in [7, 11) is 0. The third kappa shape index (κ3) is 6.82. The number of fused-ring (bicyclic) bond motifs is 2. The fourth-order valence-corrected chi connectivity index (χ4v) is 8.95. The number of carbonyl (C=O) groups excluding carboxylic acids is 5. The number of imide groups is 2. The Kier molecular flexibility index (Phi) is 9.62. The van der Waals surface area contributed by atoms with Crippen LogP contribution in [-0.4, -0.2) is 76.7 Å². The van der Waals surface area contributed by atoms with Crippen molar-refractivity contribution in [2.75, 3.05) is 18.0 Å². The maximum Gasteiger partial charge on any atom is 0.262 e. The van der Waals surface area contributed by atoms with Gasteiger partial charge < -0.3 is 15.0 Å². The molecule has 12 nitrogen and oxygen atoms in total. The second kappa shape index (κ2) is 14.5. The van der Waals surface area contributed by atoms with Crippen molar-refractivity contribution in [1.82, 2.24) is 20.4 Å². The van der Waals surface area contributed by atoms with E-state index in [0.29, 0.717) is 52.3 Å². The van der Waals surface area contributed by atoms with Gasteiger partial charge in [0.2, 0.25) is 17.5 Å². The van der Waals surface area contributed by atoms with Crippen LogP contribution in [0.2, 0.25) is 5.02 Å². The number of amides is 5. The third-order valence-corrected chi connectivity index (χ3v) is 12.0. The van der Waals surface area contributed by atoms with Crippen molar-refractivity contribution in [1.29, 1.82) is 0 Å². The van der Waals surface area contributed by atoms with Crippen molar-refractivity contribution in [2.45, 2.75) is 89.2 Å². The van der Waals surface area contributed by atoms with Crippen molar-refractivity contribution in [3.63, 3.8) is 0 Å². The molecule has 2 saturated heterocycles. The number of nitrogens with zero attached hydrogens (tertiary/aromatic N) is 4. The highest BCUT2D eigenvalue weighted by atomic mass is 35.5. The summed E-state index contributed by atoms with van der Waals surface area (Å²) in [4.78, 5) is 73.1. The highest BCUT2D eigenvalue weighted by Gasteiger charge is 2.45. The van der Waals surface area contributed by atoms with Crippen LogP contribution in [0, 0.1) is 12.5 Å². The molecular formula is C41H41ClN6O6. The molecule has 1 aliphatic carbocycles. The Labute approximate surface area is 318 Å². The van der Waals surface area contributed by atoms with Crippen LogP contribution in [0.15, 0.2) is 54.6 Å². The minimum absolute atomic E-state index is 0.00857. The Morgan fingerprint density at radius 1 is 0.907 bits per heavy atom. The monoisotopic (exact) mass is 748 g/mol. The van der Waals surface area contributed by atoms with Crippen molar-refractivity contribution in [2.24, 2.45) is 5.92 Å². The number of hydrogen-bond acceptors (Lipinski definition) is 8. The Bertz CT molecular complexity index is 2050. The first-order valence-electron chi connectivity index (χ1n) is 18.7. The number of anilines is 1. The van der Waals surface area contributed by atoms with Crippen LogP contribution in [0.5, 0.6) is 5.75 Å². The van der Waals surface area contributed by atoms with Crippen LogP contribution < -0.4 is 20.3 Å². The van der Waals surface area contributed by atoms with E-state index < -0.39 is 29.7 Å². The molecule has 3 fully saturated rings. The van der Waals surface area contributed by atoms with Gasteiger partial charge in [0.15, 0.2) is 0 Å². The molecule has 4 heterocycles. The van der Waals surface area contributed by atoms with Gasteiger partial charge in [0, 0.05) is 55.9 Å². The predicted molar refractivity (Wildman–Crippen MR) is 200 cm³/mol. The first-order chi connectivity index (χ1) is 26.1. The molecule has 0 bridgehead atoms. The first kappa shape index (κ1) is 35.8. The van der Waals surface area contributed by atoms with Crippen molar-refractivity contribution in [3.8, 4) is 5.75 Å². The molecule has 4 aliphatic heterocycles. The zero-order valence-electron chi connectivity index (χ0n) is 30.0. The molecule has 0 aromatic heterocycles. The molecule has 2 N–H and O–H groups in total. The Morgan fingerprint density at radius 2 is 1.59 bits per heavy atom. The quantitative estimate of drug-likeness (QED) is 0.235. The molecular weight excluding hydrogens is 708 g/mol. The maximum absolute atomic E-state index is 13.3. The van der Waals surface area contributed by atoms with Crippen LogP contribution >= 0.6 is 11.6 Å². The fraction of sp³-hybridized carbons (Fsp3) is 0.415. The number of piperidine rings is 2. The van der Waals surface area contributed by atoms with E-state index >= 15 is 0 Å². The average Bonchev–Trinajstić information content (AvgIpc) is 3.69. The molecule has 1 unspecified atom stereocenters. The van der Waals surface area contributed by atoms with E-state index in [2.05, 4.69) is 32.2 Å². The summed E-state index contributed by atoms with van der Waals surface area (Å²) in [5.74, 6) is -1.13. The summed E-state index contributed by atoms with van der Waals surface area (Å²) in [6.07, 6.45) is 4.58. The lowest BCUT2D eigenvalue weighted by atomic mass is 9.84. The lowest BCUT2D eigenvalue weighted by Gasteiger charge is -2.38. The van der Waals surface area contributed by atoms with Gasteiger partial charge in [-0.05, 0) is 104 Å². The lowest BCUT2D eigenvalue weighted by Crippen LogP contribution is -2.54. The molecule has 278 valence electrons. The number of ether oxygens (including phenoxy) is 1. The number of halogens is 1. The summed E-state index contributed by atoms with van der Waals surface area (Å²) in [5.41, 5.74) is 4.84. The van der Waals surface area contributed by atoms with Gasteiger partial charge in [0.1, 0.15) is 17.9 Å². The smallest absolute Gasteiger partial charge is 0.262 e. The highest BCUT2D eigenvalue weighted by Crippen LogP contribution is 2.36. The van der Waals surface area contributed by atoms with E-state index in [1.807, 2.05) is 36.4 Å². The Balaban J connectivity index is 0.810. The van der Waals surface area contributed by atoms with Gasteiger partial charge in [0.25, 0.3) is 17.7 Å². The van der Waals surface area contributed by atoms with Crippen molar-refractivity contribution < 1.29 is 28.7 Å². The van der Waals surface area contributed by atoms with Crippen LogP contribution in [-0.2, 0) is 22.7 Å². The molecule has 3 aromatic rings. The van der Waals surface area contributed by atoms with Gasteiger partial charge in [-0.15, -0.1) is 0 Å².